The predicted octanol–water partition coefficient (Wildman–Crippen LogP) is 8.36. The quantitative estimate of drug-likeness (QED) is 0.285. The smallest absolute Gasteiger partial charge is 0.0355 e. The largest absolute Gasteiger partial charge is 0.0619 e. The summed E-state index contributed by atoms with van der Waals surface area (Å²) in [5, 5.41) is 2.88. The SMILES string of the molecule is Cc1c(C2c3ccccc3-c3ccccc32)cc2ccccc2c1C1CCCCC1. The Balaban J connectivity index is 1.63. The van der Waals surface area contributed by atoms with Gasteiger partial charge in [0, 0.05) is 5.92 Å². The van der Waals surface area contributed by atoms with Crippen molar-refractivity contribution in [3.63, 3.8) is 0 Å². The van der Waals surface area contributed by atoms with Crippen molar-refractivity contribution in [3.8, 4) is 11.1 Å². The number of benzene rings is 4. The first-order valence-corrected chi connectivity index (χ1v) is 11.5. The summed E-state index contributed by atoms with van der Waals surface area (Å²) in [5.41, 5.74) is 10.4. The van der Waals surface area contributed by atoms with Crippen LogP contribution < -0.4 is 0 Å². The van der Waals surface area contributed by atoms with Crippen molar-refractivity contribution >= 4 is 10.8 Å². The third-order valence-electron chi connectivity index (χ3n) is 7.56. The van der Waals surface area contributed by atoms with Crippen LogP contribution in [0.3, 0.4) is 0 Å². The lowest BCUT2D eigenvalue weighted by Crippen LogP contribution is -2.11. The molecule has 30 heavy (non-hydrogen) atoms. The topological polar surface area (TPSA) is 0 Å². The molecule has 0 aromatic heterocycles. The van der Waals surface area contributed by atoms with E-state index < -0.39 is 0 Å². The zero-order valence-electron chi connectivity index (χ0n) is 17.7. The normalized spacial score (nSPS) is 16.6. The summed E-state index contributed by atoms with van der Waals surface area (Å²) >= 11 is 0. The molecule has 4 aromatic rings. The summed E-state index contributed by atoms with van der Waals surface area (Å²) in [6, 6.07) is 29.6. The lowest BCUT2D eigenvalue weighted by atomic mass is 9.76. The van der Waals surface area contributed by atoms with Gasteiger partial charge in [0.25, 0.3) is 0 Å². The van der Waals surface area contributed by atoms with E-state index in [9.17, 15) is 0 Å². The van der Waals surface area contributed by atoms with E-state index >= 15 is 0 Å². The average molecular weight is 389 g/mol. The van der Waals surface area contributed by atoms with Crippen LogP contribution in [0.1, 0.15) is 71.8 Å². The van der Waals surface area contributed by atoms with Crippen LogP contribution in [0.15, 0.2) is 78.9 Å². The van der Waals surface area contributed by atoms with Gasteiger partial charge in [0.2, 0.25) is 0 Å². The molecule has 0 heteroatoms. The van der Waals surface area contributed by atoms with Gasteiger partial charge in [-0.05, 0) is 81.5 Å². The minimum absolute atomic E-state index is 0.337. The zero-order valence-corrected chi connectivity index (χ0v) is 17.7. The molecular formula is C30H28. The highest BCUT2D eigenvalue weighted by Gasteiger charge is 2.32. The van der Waals surface area contributed by atoms with Gasteiger partial charge >= 0.3 is 0 Å². The molecule has 0 atom stereocenters. The Morgan fingerprint density at radius 1 is 0.633 bits per heavy atom. The van der Waals surface area contributed by atoms with Gasteiger partial charge in [-0.25, -0.2) is 0 Å². The summed E-state index contributed by atoms with van der Waals surface area (Å²) in [6.45, 7) is 2.40. The molecule has 0 N–H and O–H groups in total. The molecular weight excluding hydrogens is 360 g/mol. The zero-order chi connectivity index (χ0) is 20.1. The van der Waals surface area contributed by atoms with Gasteiger partial charge in [-0.15, -0.1) is 0 Å². The van der Waals surface area contributed by atoms with E-state index in [1.165, 1.54) is 76.3 Å². The lowest BCUT2D eigenvalue weighted by molar-refractivity contribution is 0.444. The summed E-state index contributed by atoms with van der Waals surface area (Å²) in [4.78, 5) is 0. The Labute approximate surface area is 179 Å². The maximum atomic E-state index is 2.49. The van der Waals surface area contributed by atoms with Crippen LogP contribution in [0.5, 0.6) is 0 Å². The van der Waals surface area contributed by atoms with Crippen molar-refractivity contribution in [2.45, 2.75) is 50.9 Å². The first kappa shape index (κ1) is 18.0. The van der Waals surface area contributed by atoms with E-state index in [0.717, 1.165) is 0 Å². The second kappa shape index (κ2) is 7.13. The van der Waals surface area contributed by atoms with E-state index in [2.05, 4.69) is 85.8 Å². The minimum Gasteiger partial charge on any atom is -0.0619 e. The molecule has 2 aliphatic carbocycles. The molecule has 0 spiro atoms. The van der Waals surface area contributed by atoms with E-state index in [4.69, 9.17) is 0 Å². The van der Waals surface area contributed by atoms with Crippen LogP contribution in [0, 0.1) is 6.92 Å². The van der Waals surface area contributed by atoms with E-state index in [0.29, 0.717) is 11.8 Å². The molecule has 0 unspecified atom stereocenters. The number of fused-ring (bicyclic) bond motifs is 4. The Kier molecular flexibility index (Phi) is 4.27. The molecule has 148 valence electrons. The van der Waals surface area contributed by atoms with Crippen molar-refractivity contribution < 1.29 is 0 Å². The summed E-state index contributed by atoms with van der Waals surface area (Å²) in [6.07, 6.45) is 6.82. The van der Waals surface area contributed by atoms with Gasteiger partial charge in [-0.1, -0.05) is 92.1 Å². The fraction of sp³-hybridized carbons (Fsp3) is 0.267. The molecule has 0 saturated heterocycles. The second-order valence-corrected chi connectivity index (χ2v) is 9.17. The van der Waals surface area contributed by atoms with Crippen LogP contribution in [-0.2, 0) is 0 Å². The molecule has 2 aliphatic rings. The third-order valence-corrected chi connectivity index (χ3v) is 7.56. The highest BCUT2D eigenvalue weighted by Crippen LogP contribution is 2.50. The van der Waals surface area contributed by atoms with Crippen LogP contribution in [-0.4, -0.2) is 0 Å². The van der Waals surface area contributed by atoms with Crippen LogP contribution in [0.25, 0.3) is 21.9 Å². The lowest BCUT2D eigenvalue weighted by Gasteiger charge is -2.28. The monoisotopic (exact) mass is 388 g/mol. The fourth-order valence-corrected chi connectivity index (χ4v) is 6.21. The molecule has 0 amide bonds. The molecule has 0 radical (unpaired) electrons. The Hall–Kier alpha value is -2.86. The molecule has 1 saturated carbocycles. The molecule has 4 aromatic carbocycles. The number of rotatable bonds is 2. The van der Waals surface area contributed by atoms with Gasteiger partial charge in [0.1, 0.15) is 0 Å². The third kappa shape index (κ3) is 2.67. The van der Waals surface area contributed by atoms with E-state index in [1.54, 1.807) is 5.56 Å². The molecule has 0 bridgehead atoms. The summed E-state index contributed by atoms with van der Waals surface area (Å²) in [5.74, 6) is 1.04. The van der Waals surface area contributed by atoms with Crippen molar-refractivity contribution in [3.05, 3.63) is 107 Å². The van der Waals surface area contributed by atoms with Crippen LogP contribution in [0.2, 0.25) is 0 Å². The van der Waals surface area contributed by atoms with Gasteiger partial charge in [-0.2, -0.15) is 0 Å². The van der Waals surface area contributed by atoms with Crippen LogP contribution >= 0.6 is 0 Å². The van der Waals surface area contributed by atoms with Crippen molar-refractivity contribution in [1.82, 2.24) is 0 Å². The first-order chi connectivity index (χ1) is 14.8. The minimum atomic E-state index is 0.337. The molecule has 1 fully saturated rings. The Bertz CT molecular complexity index is 1190. The van der Waals surface area contributed by atoms with Crippen molar-refractivity contribution in [2.75, 3.05) is 0 Å². The van der Waals surface area contributed by atoms with E-state index in [-0.39, 0.29) is 0 Å². The Morgan fingerprint density at radius 3 is 1.93 bits per heavy atom. The van der Waals surface area contributed by atoms with Crippen molar-refractivity contribution in [2.24, 2.45) is 0 Å². The van der Waals surface area contributed by atoms with Gasteiger partial charge < -0.3 is 0 Å². The average Bonchev–Trinajstić information content (AvgIpc) is 3.14. The first-order valence-electron chi connectivity index (χ1n) is 11.5. The van der Waals surface area contributed by atoms with Gasteiger partial charge in [-0.3, -0.25) is 0 Å². The molecule has 6 rings (SSSR count). The number of hydrogen-bond donors (Lipinski definition) is 0. The van der Waals surface area contributed by atoms with Gasteiger partial charge in [0.05, 0.1) is 0 Å². The number of hydrogen-bond acceptors (Lipinski definition) is 0. The predicted molar refractivity (Wildman–Crippen MR) is 127 cm³/mol. The van der Waals surface area contributed by atoms with Crippen LogP contribution in [0.4, 0.5) is 0 Å². The molecule has 0 aliphatic heterocycles. The van der Waals surface area contributed by atoms with Crippen molar-refractivity contribution in [1.29, 1.82) is 0 Å². The Morgan fingerprint density at radius 2 is 1.23 bits per heavy atom. The highest BCUT2D eigenvalue weighted by atomic mass is 14.3. The second-order valence-electron chi connectivity index (χ2n) is 9.17. The van der Waals surface area contributed by atoms with E-state index in [1.807, 2.05) is 0 Å². The molecule has 0 nitrogen and oxygen atoms in total. The summed E-state index contributed by atoms with van der Waals surface area (Å²) < 4.78 is 0. The maximum absolute atomic E-state index is 2.49. The fourth-order valence-electron chi connectivity index (χ4n) is 6.21. The molecule has 0 heterocycles. The van der Waals surface area contributed by atoms with Gasteiger partial charge in [0.15, 0.2) is 0 Å². The summed E-state index contributed by atoms with van der Waals surface area (Å²) in [7, 11) is 0. The highest BCUT2D eigenvalue weighted by molar-refractivity contribution is 5.90. The maximum Gasteiger partial charge on any atom is 0.0355 e. The standard InChI is InChI=1S/C30H28/c1-20-28(30-26-17-9-7-15-24(26)25-16-8-10-18-27(25)30)19-22-13-5-6-14-23(22)29(20)21-11-3-2-4-12-21/h5-10,13-19,21,30H,2-4,11-12H2,1H3.